The number of aromatic nitrogens is 1. The van der Waals surface area contributed by atoms with Gasteiger partial charge in [-0.15, -0.1) is 0 Å². The number of rotatable bonds is 1. The molecule has 0 radical (unpaired) electrons. The van der Waals surface area contributed by atoms with E-state index < -0.39 is 6.03 Å². The van der Waals surface area contributed by atoms with E-state index in [4.69, 9.17) is 0 Å². The number of aryl methyl sites for hydroxylation is 1. The molecule has 1 amide bonds. The summed E-state index contributed by atoms with van der Waals surface area (Å²) in [4.78, 5) is 24.3. The largest absolute Gasteiger partial charge is 0.342 e. The van der Waals surface area contributed by atoms with Crippen molar-refractivity contribution in [3.05, 3.63) is 64.4 Å². The van der Waals surface area contributed by atoms with Crippen LogP contribution in [0.1, 0.15) is 5.56 Å². The third-order valence-corrected chi connectivity index (χ3v) is 4.05. The molecule has 100 valence electrons. The molecule has 0 saturated carbocycles. The predicted molar refractivity (Wildman–Crippen MR) is 81.7 cm³/mol. The van der Waals surface area contributed by atoms with Gasteiger partial charge < -0.3 is 5.32 Å². The Labute approximate surface area is 119 Å². The topological polar surface area (TPSA) is 51.1 Å². The smallest absolute Gasteiger partial charge is 0.306 e. The normalized spacial score (nSPS) is 10.7. The molecule has 5 heteroatoms. The van der Waals surface area contributed by atoms with E-state index in [1.54, 1.807) is 12.1 Å². The quantitative estimate of drug-likeness (QED) is 0.744. The lowest BCUT2D eigenvalue weighted by Gasteiger charge is -2.04. The number of anilines is 1. The standard InChI is InChI=1S/C15H12N2O2S/c1-10-6-8-11(9-7-10)16-15(19)17-14(18)12-4-2-3-5-13(12)20-17/h2-9H,1H3,(H,16,19). The first-order chi connectivity index (χ1) is 9.65. The fourth-order valence-corrected chi connectivity index (χ4v) is 2.82. The average molecular weight is 284 g/mol. The van der Waals surface area contributed by atoms with E-state index in [0.717, 1.165) is 25.8 Å². The summed E-state index contributed by atoms with van der Waals surface area (Å²) in [6, 6.07) is 14.2. The molecule has 4 nitrogen and oxygen atoms in total. The zero-order chi connectivity index (χ0) is 14.1. The Morgan fingerprint density at radius 1 is 1.10 bits per heavy atom. The van der Waals surface area contributed by atoms with Crippen molar-refractivity contribution in [2.45, 2.75) is 6.92 Å². The maximum absolute atomic E-state index is 12.2. The highest BCUT2D eigenvalue weighted by atomic mass is 32.1. The lowest BCUT2D eigenvalue weighted by Crippen LogP contribution is -2.26. The Kier molecular flexibility index (Phi) is 3.12. The summed E-state index contributed by atoms with van der Waals surface area (Å²) in [7, 11) is 0. The summed E-state index contributed by atoms with van der Waals surface area (Å²) in [5, 5.41) is 3.29. The molecule has 0 aliphatic carbocycles. The highest BCUT2D eigenvalue weighted by molar-refractivity contribution is 7.14. The van der Waals surface area contributed by atoms with Gasteiger partial charge in [-0.25, -0.2) is 4.79 Å². The molecule has 1 N–H and O–H groups in total. The molecule has 20 heavy (non-hydrogen) atoms. The van der Waals surface area contributed by atoms with Crippen LogP contribution in [0.2, 0.25) is 0 Å². The lowest BCUT2D eigenvalue weighted by molar-refractivity contribution is 0.255. The second-order valence-corrected chi connectivity index (χ2v) is 5.47. The molecule has 0 atom stereocenters. The van der Waals surface area contributed by atoms with E-state index in [1.807, 2.05) is 43.3 Å². The number of fused-ring (bicyclic) bond motifs is 1. The van der Waals surface area contributed by atoms with Crippen molar-refractivity contribution in [3.63, 3.8) is 0 Å². The van der Waals surface area contributed by atoms with Gasteiger partial charge in [-0.1, -0.05) is 29.8 Å². The summed E-state index contributed by atoms with van der Waals surface area (Å²) in [5.41, 5.74) is 1.50. The highest BCUT2D eigenvalue weighted by Crippen LogP contribution is 2.16. The van der Waals surface area contributed by atoms with Crippen LogP contribution in [0.15, 0.2) is 53.3 Å². The van der Waals surface area contributed by atoms with Crippen LogP contribution < -0.4 is 10.9 Å². The molecular formula is C15H12N2O2S. The molecular weight excluding hydrogens is 272 g/mol. The Hall–Kier alpha value is -2.40. The van der Waals surface area contributed by atoms with Crippen molar-refractivity contribution in [2.24, 2.45) is 0 Å². The Morgan fingerprint density at radius 3 is 2.50 bits per heavy atom. The maximum atomic E-state index is 12.2. The van der Waals surface area contributed by atoms with Gasteiger partial charge >= 0.3 is 6.03 Å². The number of hydrogen-bond acceptors (Lipinski definition) is 3. The van der Waals surface area contributed by atoms with Crippen LogP contribution >= 0.6 is 11.5 Å². The minimum absolute atomic E-state index is 0.282. The number of nitrogens with one attached hydrogen (secondary N) is 1. The first-order valence-corrected chi connectivity index (χ1v) is 6.91. The first-order valence-electron chi connectivity index (χ1n) is 6.14. The second kappa shape index (κ2) is 4.94. The van der Waals surface area contributed by atoms with E-state index >= 15 is 0 Å². The van der Waals surface area contributed by atoms with E-state index in [9.17, 15) is 9.59 Å². The van der Waals surface area contributed by atoms with Crippen LogP contribution in [0.3, 0.4) is 0 Å². The highest BCUT2D eigenvalue weighted by Gasteiger charge is 2.13. The van der Waals surface area contributed by atoms with Gasteiger partial charge in [0.05, 0.1) is 10.1 Å². The fraction of sp³-hybridized carbons (Fsp3) is 0.0667. The van der Waals surface area contributed by atoms with E-state index in [2.05, 4.69) is 5.32 Å². The monoisotopic (exact) mass is 284 g/mol. The zero-order valence-corrected chi connectivity index (χ0v) is 11.6. The Balaban J connectivity index is 1.94. The van der Waals surface area contributed by atoms with Gasteiger partial charge in [0, 0.05) is 5.69 Å². The van der Waals surface area contributed by atoms with Gasteiger partial charge in [-0.3, -0.25) is 4.79 Å². The summed E-state index contributed by atoms with van der Waals surface area (Å²) in [6.07, 6.45) is 0. The number of hydrogen-bond donors (Lipinski definition) is 1. The van der Waals surface area contributed by atoms with Crippen molar-refractivity contribution in [3.8, 4) is 0 Å². The molecule has 2 aromatic carbocycles. The number of carbonyl (C=O) groups excluding carboxylic acids is 1. The van der Waals surface area contributed by atoms with Gasteiger partial charge in [0.2, 0.25) is 0 Å². The second-order valence-electron chi connectivity index (χ2n) is 4.48. The van der Waals surface area contributed by atoms with E-state index in [0.29, 0.717) is 11.1 Å². The molecule has 3 aromatic rings. The maximum Gasteiger partial charge on any atom is 0.342 e. The molecule has 0 fully saturated rings. The van der Waals surface area contributed by atoms with E-state index in [1.165, 1.54) is 0 Å². The first kappa shape index (κ1) is 12.6. The van der Waals surface area contributed by atoms with Crippen LogP contribution in [-0.4, -0.2) is 9.99 Å². The van der Waals surface area contributed by atoms with Gasteiger partial charge in [-0.05, 0) is 42.7 Å². The van der Waals surface area contributed by atoms with Gasteiger partial charge in [0.15, 0.2) is 0 Å². The lowest BCUT2D eigenvalue weighted by atomic mass is 10.2. The molecule has 3 rings (SSSR count). The van der Waals surface area contributed by atoms with Gasteiger partial charge in [0.25, 0.3) is 5.56 Å². The van der Waals surface area contributed by atoms with Crippen molar-refractivity contribution in [1.29, 1.82) is 0 Å². The SMILES string of the molecule is Cc1ccc(NC(=O)n2sc3ccccc3c2=O)cc1. The third-order valence-electron chi connectivity index (χ3n) is 2.98. The van der Waals surface area contributed by atoms with Crippen molar-refractivity contribution in [2.75, 3.05) is 5.32 Å². The molecule has 0 bridgehead atoms. The van der Waals surface area contributed by atoms with Gasteiger partial charge in [0.1, 0.15) is 0 Å². The molecule has 0 aliphatic heterocycles. The van der Waals surface area contributed by atoms with Crippen LogP contribution in [-0.2, 0) is 0 Å². The van der Waals surface area contributed by atoms with Crippen LogP contribution in [0.5, 0.6) is 0 Å². The summed E-state index contributed by atoms with van der Waals surface area (Å²) >= 11 is 1.15. The molecule has 0 aliphatic rings. The number of amides is 1. The Morgan fingerprint density at radius 2 is 1.80 bits per heavy atom. The van der Waals surface area contributed by atoms with Crippen molar-refractivity contribution < 1.29 is 4.79 Å². The Bertz CT molecular complexity index is 831. The van der Waals surface area contributed by atoms with Gasteiger partial charge in [-0.2, -0.15) is 3.96 Å². The van der Waals surface area contributed by atoms with Crippen molar-refractivity contribution in [1.82, 2.24) is 3.96 Å². The predicted octanol–water partition coefficient (Wildman–Crippen LogP) is 3.45. The van der Waals surface area contributed by atoms with E-state index in [-0.39, 0.29) is 5.56 Å². The molecule has 0 unspecified atom stereocenters. The third kappa shape index (κ3) is 2.23. The summed E-state index contributed by atoms with van der Waals surface area (Å²) in [5.74, 6) is 0. The average Bonchev–Trinajstić information content (AvgIpc) is 2.79. The molecule has 1 aromatic heterocycles. The van der Waals surface area contributed by atoms with Crippen LogP contribution in [0, 0.1) is 6.92 Å². The fourth-order valence-electron chi connectivity index (χ4n) is 1.92. The van der Waals surface area contributed by atoms with Crippen molar-refractivity contribution >= 4 is 33.3 Å². The molecule has 0 saturated heterocycles. The summed E-state index contributed by atoms with van der Waals surface area (Å²) in [6.45, 7) is 1.97. The minimum atomic E-state index is -0.431. The van der Waals surface area contributed by atoms with Crippen LogP contribution in [0.4, 0.5) is 10.5 Å². The minimum Gasteiger partial charge on any atom is -0.306 e. The van der Waals surface area contributed by atoms with Crippen LogP contribution in [0.25, 0.3) is 10.1 Å². The zero-order valence-electron chi connectivity index (χ0n) is 10.8. The molecule has 0 spiro atoms. The number of benzene rings is 2. The number of nitrogens with zero attached hydrogens (tertiary/aromatic N) is 1. The number of carbonyl (C=O) groups is 1. The molecule has 1 heterocycles. The summed E-state index contributed by atoms with van der Waals surface area (Å²) < 4.78 is 1.95.